The van der Waals surface area contributed by atoms with Crippen molar-refractivity contribution in [2.24, 2.45) is 11.1 Å². The van der Waals surface area contributed by atoms with E-state index in [-0.39, 0.29) is 24.5 Å². The fourth-order valence-electron chi connectivity index (χ4n) is 4.77. The second-order valence-corrected chi connectivity index (χ2v) is 13.5. The molecule has 5 aromatic rings. The second-order valence-electron chi connectivity index (χ2n) is 10.9. The molecule has 0 aliphatic rings. The summed E-state index contributed by atoms with van der Waals surface area (Å²) in [5.74, 6) is 1.29. The highest BCUT2D eigenvalue weighted by Crippen LogP contribution is 2.29. The van der Waals surface area contributed by atoms with Gasteiger partial charge in [-0.2, -0.15) is 0 Å². The molecule has 2 N–H and O–H groups in total. The van der Waals surface area contributed by atoms with Crippen molar-refractivity contribution >= 4 is 57.4 Å². The second kappa shape index (κ2) is 15.9. The zero-order chi connectivity index (χ0) is 32.5. The van der Waals surface area contributed by atoms with Crippen LogP contribution >= 0.6 is 35.6 Å². The normalized spacial score (nSPS) is 12.6. The number of rotatable bonds is 16. The lowest BCUT2D eigenvalue weighted by molar-refractivity contribution is -0.126. The third-order valence-electron chi connectivity index (χ3n) is 6.92. The predicted molar refractivity (Wildman–Crippen MR) is 182 cm³/mol. The van der Waals surface area contributed by atoms with Crippen molar-refractivity contribution in [1.29, 1.82) is 0 Å². The monoisotopic (exact) mass is 678 g/mol. The van der Waals surface area contributed by atoms with E-state index < -0.39 is 6.04 Å². The Balaban J connectivity index is 1.07. The van der Waals surface area contributed by atoms with Crippen molar-refractivity contribution in [2.75, 3.05) is 13.2 Å². The quantitative estimate of drug-likeness (QED) is 0.0469. The van der Waals surface area contributed by atoms with E-state index >= 15 is 0 Å². The molecule has 0 saturated heterocycles. The van der Waals surface area contributed by atoms with Crippen LogP contribution in [0.3, 0.4) is 0 Å². The number of benzene rings is 3. The van der Waals surface area contributed by atoms with Crippen LogP contribution in [0, 0.1) is 14.8 Å². The number of hydrogen-bond donors (Lipinski definition) is 2. The number of aromatic amines is 1. The lowest BCUT2D eigenvalue weighted by atomic mass is 10.0. The smallest absolute Gasteiger partial charge is 0.245 e. The van der Waals surface area contributed by atoms with E-state index in [1.807, 2.05) is 69.3 Å². The van der Waals surface area contributed by atoms with Gasteiger partial charge in [0.05, 0.1) is 27.9 Å². The number of nitroso groups, excluding NO2 is 1. The molecule has 0 spiro atoms. The summed E-state index contributed by atoms with van der Waals surface area (Å²) in [6.45, 7) is 6.85. The van der Waals surface area contributed by atoms with Crippen LogP contribution in [0.15, 0.2) is 83.0 Å². The number of H-pyrrole nitrogens is 1. The van der Waals surface area contributed by atoms with Gasteiger partial charge in [-0.1, -0.05) is 43.3 Å². The van der Waals surface area contributed by atoms with Crippen LogP contribution in [-0.2, 0) is 22.0 Å². The Morgan fingerprint density at radius 1 is 1.07 bits per heavy atom. The van der Waals surface area contributed by atoms with Crippen molar-refractivity contribution in [2.45, 2.75) is 50.8 Å². The number of aromatic nitrogens is 4. The highest BCUT2D eigenvalue weighted by atomic mass is 32.2. The third-order valence-corrected chi connectivity index (χ3v) is 8.93. The highest BCUT2D eigenvalue weighted by Gasteiger charge is 2.27. The van der Waals surface area contributed by atoms with E-state index in [0.717, 1.165) is 31.8 Å². The molecule has 0 aliphatic heterocycles. The minimum Gasteiger partial charge on any atom is -0.491 e. The summed E-state index contributed by atoms with van der Waals surface area (Å²) < 4.78 is 20.6. The zero-order valence-corrected chi connectivity index (χ0v) is 28.0. The van der Waals surface area contributed by atoms with Gasteiger partial charge in [0.1, 0.15) is 42.1 Å². The van der Waals surface area contributed by atoms with Crippen LogP contribution in [-0.4, -0.2) is 45.1 Å². The van der Waals surface area contributed by atoms with E-state index in [2.05, 4.69) is 25.8 Å². The summed E-state index contributed by atoms with van der Waals surface area (Å²) >= 11 is 7.81. The van der Waals surface area contributed by atoms with E-state index in [4.69, 9.17) is 25.9 Å². The maximum Gasteiger partial charge on any atom is 0.245 e. The summed E-state index contributed by atoms with van der Waals surface area (Å²) in [6.07, 6.45) is 2.41. The largest absolute Gasteiger partial charge is 0.491 e. The molecule has 46 heavy (non-hydrogen) atoms. The zero-order valence-electron chi connectivity index (χ0n) is 25.5. The molecule has 2 heterocycles. The Labute approximate surface area is 279 Å². The average molecular weight is 679 g/mol. The minimum atomic E-state index is -0.522. The lowest BCUT2D eigenvalue weighted by Gasteiger charge is -2.23. The molecular weight excluding hydrogens is 645 g/mol. The van der Waals surface area contributed by atoms with Gasteiger partial charge in [-0.05, 0) is 84.7 Å². The molecule has 14 heteroatoms. The van der Waals surface area contributed by atoms with Crippen molar-refractivity contribution in [1.82, 2.24) is 25.3 Å². The Morgan fingerprint density at radius 3 is 2.63 bits per heavy atom. The summed E-state index contributed by atoms with van der Waals surface area (Å²) in [4.78, 5) is 28.0. The van der Waals surface area contributed by atoms with Crippen LogP contribution in [0.4, 0.5) is 5.69 Å². The molecule has 2 aromatic heterocycles. The van der Waals surface area contributed by atoms with Crippen molar-refractivity contribution in [3.63, 3.8) is 0 Å². The van der Waals surface area contributed by atoms with E-state index in [9.17, 15) is 9.70 Å². The number of fused-ring (bicyclic) bond motifs is 1. The van der Waals surface area contributed by atoms with Gasteiger partial charge in [0.2, 0.25) is 5.91 Å². The van der Waals surface area contributed by atoms with Gasteiger partial charge in [-0.15, -0.1) is 21.3 Å². The Kier molecular flexibility index (Phi) is 11.5. The molecule has 240 valence electrons. The van der Waals surface area contributed by atoms with Gasteiger partial charge in [-0.25, -0.2) is 4.68 Å². The van der Waals surface area contributed by atoms with E-state index in [0.29, 0.717) is 47.4 Å². The number of nitrogens with zero attached hydrogens (tertiary/aromatic N) is 4. The first-order chi connectivity index (χ1) is 22.3. The minimum absolute atomic E-state index is 0.0111. The van der Waals surface area contributed by atoms with Crippen molar-refractivity contribution < 1.29 is 18.5 Å². The number of nitrogens with one attached hydrogen (secondary N) is 2. The molecule has 3 aromatic carbocycles. The molecule has 0 unspecified atom stereocenters. The molecule has 0 bridgehead atoms. The Bertz CT molecular complexity index is 1820. The Hall–Kier alpha value is -4.11. The number of ether oxygens (including phenoxy) is 2. The predicted octanol–water partition coefficient (Wildman–Crippen LogP) is 7.57. The lowest BCUT2D eigenvalue weighted by Crippen LogP contribution is -2.41. The summed E-state index contributed by atoms with van der Waals surface area (Å²) in [5.41, 5.74) is 3.01. The van der Waals surface area contributed by atoms with Gasteiger partial charge < -0.3 is 24.0 Å². The summed E-state index contributed by atoms with van der Waals surface area (Å²) in [7, 11) is 0. The SMILES string of the molecule is CC(C)[C@@H](C(=O)N[C@H](C)Cc1ccc(OCCOSc2ccccc2N=O)cc1)n1cc(COc2ccc3[nH]c(=S)sc3c2)nn1. The number of amides is 1. The number of carbonyl (C=O) groups excluding carboxylic acids is 1. The van der Waals surface area contributed by atoms with Crippen LogP contribution < -0.4 is 14.8 Å². The molecular formula is C32H34N6O5S3. The van der Waals surface area contributed by atoms with Crippen molar-refractivity contribution in [3.05, 3.63) is 93.0 Å². The molecule has 0 saturated carbocycles. The van der Waals surface area contributed by atoms with E-state index in [1.54, 1.807) is 29.1 Å². The molecule has 0 radical (unpaired) electrons. The van der Waals surface area contributed by atoms with Crippen LogP contribution in [0.5, 0.6) is 11.5 Å². The number of hydrogen-bond acceptors (Lipinski definition) is 11. The van der Waals surface area contributed by atoms with Crippen LogP contribution in [0.1, 0.15) is 38.1 Å². The molecule has 2 atom stereocenters. The maximum atomic E-state index is 13.4. The topological polar surface area (TPSA) is 133 Å². The molecule has 11 nitrogen and oxygen atoms in total. The first-order valence-electron chi connectivity index (χ1n) is 14.7. The fraction of sp³-hybridized carbons (Fsp3) is 0.312. The number of thiazole rings is 1. The maximum absolute atomic E-state index is 13.4. The van der Waals surface area contributed by atoms with E-state index in [1.165, 1.54) is 11.3 Å². The third kappa shape index (κ3) is 9.00. The van der Waals surface area contributed by atoms with Crippen LogP contribution in [0.25, 0.3) is 10.2 Å². The fourth-order valence-corrected chi connectivity index (χ4v) is 6.52. The molecule has 0 aliphatic carbocycles. The molecule has 0 fully saturated rings. The molecule has 5 rings (SSSR count). The van der Waals surface area contributed by atoms with Gasteiger partial charge >= 0.3 is 0 Å². The first-order valence-corrected chi connectivity index (χ1v) is 16.7. The van der Waals surface area contributed by atoms with Gasteiger partial charge in [-0.3, -0.25) is 4.79 Å². The molecule has 1 amide bonds. The first kappa shape index (κ1) is 33.3. The van der Waals surface area contributed by atoms with Crippen LogP contribution in [0.2, 0.25) is 0 Å². The van der Waals surface area contributed by atoms with Crippen molar-refractivity contribution in [3.8, 4) is 11.5 Å². The van der Waals surface area contributed by atoms with Gasteiger partial charge in [0.25, 0.3) is 0 Å². The van der Waals surface area contributed by atoms with Gasteiger partial charge in [0, 0.05) is 18.1 Å². The summed E-state index contributed by atoms with van der Waals surface area (Å²) in [6, 6.07) is 19.9. The summed E-state index contributed by atoms with van der Waals surface area (Å²) in [5, 5.41) is 14.6. The average Bonchev–Trinajstić information content (AvgIpc) is 3.65. The number of carbonyl (C=O) groups is 1. The standard InChI is InChI=1S/C32H34N6O5S3/c1-20(2)30(38-18-23(35-37-38)19-42-25-12-13-26-29(17-25)45-32(44)34-26)31(39)33-21(3)16-22-8-10-24(11-9-22)41-14-15-43-46-28-7-5-4-6-27(28)36-40/h4-13,17-18,20-21,30H,14-16,19H2,1-3H3,(H,33,39)(H,34,44)/t21-,30+/m1/s1. The van der Waals surface area contributed by atoms with Gasteiger partial charge in [0.15, 0.2) is 3.95 Å². The highest BCUT2D eigenvalue weighted by molar-refractivity contribution is 7.94. The Morgan fingerprint density at radius 2 is 1.85 bits per heavy atom.